The van der Waals surface area contributed by atoms with Crippen LogP contribution in [0.3, 0.4) is 0 Å². The third-order valence-electron chi connectivity index (χ3n) is 2.86. The van der Waals surface area contributed by atoms with E-state index in [4.69, 9.17) is 26.8 Å². The van der Waals surface area contributed by atoms with E-state index in [-0.39, 0.29) is 11.5 Å². The number of anilines is 1. The summed E-state index contributed by atoms with van der Waals surface area (Å²) in [6.07, 6.45) is 0. The van der Waals surface area contributed by atoms with Crippen molar-refractivity contribution < 1.29 is 14.3 Å². The predicted molar refractivity (Wildman–Crippen MR) is 78.2 cm³/mol. The summed E-state index contributed by atoms with van der Waals surface area (Å²) < 4.78 is 11.1. The zero-order valence-corrected chi connectivity index (χ0v) is 12.6. The second-order valence-corrected chi connectivity index (χ2v) is 6.05. The summed E-state index contributed by atoms with van der Waals surface area (Å²) in [5.41, 5.74) is 6.89. The van der Waals surface area contributed by atoms with Gasteiger partial charge in [0, 0.05) is 17.3 Å². The van der Waals surface area contributed by atoms with Crippen molar-refractivity contribution in [2.24, 2.45) is 5.73 Å². The summed E-state index contributed by atoms with van der Waals surface area (Å²) in [6.45, 7) is 6.78. The fourth-order valence-corrected chi connectivity index (χ4v) is 2.12. The molecule has 0 saturated carbocycles. The van der Waals surface area contributed by atoms with Crippen molar-refractivity contribution in [3.05, 3.63) is 22.7 Å². The SMILES string of the molecule is CC(C)(C)OCCOc1cc2c(cc1Cl)C(N)C(=O)N2. The van der Waals surface area contributed by atoms with Gasteiger partial charge in [-0.2, -0.15) is 0 Å². The van der Waals surface area contributed by atoms with Gasteiger partial charge < -0.3 is 20.5 Å². The van der Waals surface area contributed by atoms with Crippen LogP contribution in [0.5, 0.6) is 5.75 Å². The molecule has 0 radical (unpaired) electrons. The number of nitrogens with one attached hydrogen (secondary N) is 1. The predicted octanol–water partition coefficient (Wildman–Crippen LogP) is 2.49. The van der Waals surface area contributed by atoms with Crippen molar-refractivity contribution in [2.75, 3.05) is 18.5 Å². The summed E-state index contributed by atoms with van der Waals surface area (Å²) in [5.74, 6) is 0.279. The van der Waals surface area contributed by atoms with Crippen molar-refractivity contribution in [2.45, 2.75) is 32.4 Å². The van der Waals surface area contributed by atoms with Gasteiger partial charge in [0.2, 0.25) is 5.91 Å². The Morgan fingerprint density at radius 2 is 2.05 bits per heavy atom. The van der Waals surface area contributed by atoms with E-state index in [2.05, 4.69) is 5.32 Å². The van der Waals surface area contributed by atoms with Crippen molar-refractivity contribution in [1.82, 2.24) is 0 Å². The zero-order valence-electron chi connectivity index (χ0n) is 11.8. The summed E-state index contributed by atoms with van der Waals surface area (Å²) in [6, 6.07) is 2.69. The van der Waals surface area contributed by atoms with E-state index in [0.717, 1.165) is 0 Å². The van der Waals surface area contributed by atoms with Gasteiger partial charge in [-0.25, -0.2) is 0 Å². The van der Waals surface area contributed by atoms with Crippen LogP contribution < -0.4 is 15.8 Å². The maximum absolute atomic E-state index is 11.5. The van der Waals surface area contributed by atoms with Gasteiger partial charge in [0.05, 0.1) is 17.2 Å². The molecule has 0 bridgehead atoms. The van der Waals surface area contributed by atoms with Crippen LogP contribution in [0, 0.1) is 0 Å². The summed E-state index contributed by atoms with van der Waals surface area (Å²) in [5, 5.41) is 3.13. The highest BCUT2D eigenvalue weighted by atomic mass is 35.5. The van der Waals surface area contributed by atoms with E-state index in [9.17, 15) is 4.79 Å². The molecule has 1 aliphatic rings. The van der Waals surface area contributed by atoms with E-state index in [0.29, 0.717) is 35.2 Å². The standard InChI is InChI=1S/C14H19ClN2O3/c1-14(2,3)20-5-4-19-11-7-10-8(6-9(11)15)12(16)13(18)17-10/h6-7,12H,4-5,16H2,1-3H3,(H,17,18). The first kappa shape index (κ1) is 15.1. The molecule has 0 saturated heterocycles. The highest BCUT2D eigenvalue weighted by Gasteiger charge is 2.28. The lowest BCUT2D eigenvalue weighted by Crippen LogP contribution is -2.22. The van der Waals surface area contributed by atoms with E-state index in [1.165, 1.54) is 0 Å². The first-order valence-corrected chi connectivity index (χ1v) is 6.82. The second kappa shape index (κ2) is 5.60. The van der Waals surface area contributed by atoms with Gasteiger partial charge in [0.15, 0.2) is 0 Å². The molecule has 0 fully saturated rings. The molecule has 20 heavy (non-hydrogen) atoms. The van der Waals surface area contributed by atoms with Crippen molar-refractivity contribution >= 4 is 23.2 Å². The molecular weight excluding hydrogens is 280 g/mol. The average molecular weight is 299 g/mol. The molecule has 0 aliphatic carbocycles. The fourth-order valence-electron chi connectivity index (χ4n) is 1.90. The number of hydrogen-bond acceptors (Lipinski definition) is 4. The highest BCUT2D eigenvalue weighted by molar-refractivity contribution is 6.32. The molecule has 6 heteroatoms. The smallest absolute Gasteiger partial charge is 0.245 e. The van der Waals surface area contributed by atoms with Crippen molar-refractivity contribution in [3.63, 3.8) is 0 Å². The minimum Gasteiger partial charge on any atom is -0.490 e. The number of ether oxygens (including phenoxy) is 2. The Morgan fingerprint density at radius 1 is 1.35 bits per heavy atom. The molecule has 1 unspecified atom stereocenters. The summed E-state index contributed by atoms with van der Waals surface area (Å²) in [7, 11) is 0. The van der Waals surface area contributed by atoms with Crippen LogP contribution in [0.2, 0.25) is 5.02 Å². The van der Waals surface area contributed by atoms with Crippen LogP contribution in [-0.2, 0) is 9.53 Å². The number of carbonyl (C=O) groups excluding carboxylic acids is 1. The molecule has 1 aromatic carbocycles. The van der Waals surface area contributed by atoms with E-state index < -0.39 is 6.04 Å². The normalized spacial score (nSPS) is 17.9. The van der Waals surface area contributed by atoms with Gasteiger partial charge in [-0.3, -0.25) is 4.79 Å². The lowest BCUT2D eigenvalue weighted by Gasteiger charge is -2.19. The average Bonchev–Trinajstić information content (AvgIpc) is 2.60. The van der Waals surface area contributed by atoms with Crippen molar-refractivity contribution in [3.8, 4) is 5.75 Å². The first-order valence-electron chi connectivity index (χ1n) is 6.44. The first-order chi connectivity index (χ1) is 9.28. The van der Waals surface area contributed by atoms with Gasteiger partial charge in [0.25, 0.3) is 0 Å². The molecule has 1 atom stereocenters. The van der Waals surface area contributed by atoms with Gasteiger partial charge in [-0.15, -0.1) is 0 Å². The maximum atomic E-state index is 11.5. The number of amides is 1. The number of rotatable bonds is 4. The molecule has 3 N–H and O–H groups in total. The molecule has 0 spiro atoms. The quantitative estimate of drug-likeness (QED) is 0.838. The third kappa shape index (κ3) is 3.42. The molecule has 2 rings (SSSR count). The van der Waals surface area contributed by atoms with Crippen molar-refractivity contribution in [1.29, 1.82) is 0 Å². The van der Waals surface area contributed by atoms with Crippen LogP contribution in [0.25, 0.3) is 0 Å². The Kier molecular flexibility index (Phi) is 4.22. The Labute approximate surface area is 123 Å². The molecule has 5 nitrogen and oxygen atoms in total. The van der Waals surface area contributed by atoms with Crippen LogP contribution in [0.4, 0.5) is 5.69 Å². The van der Waals surface area contributed by atoms with E-state index in [1.54, 1.807) is 12.1 Å². The topological polar surface area (TPSA) is 73.6 Å². The second-order valence-electron chi connectivity index (χ2n) is 5.65. The van der Waals surface area contributed by atoms with Gasteiger partial charge >= 0.3 is 0 Å². The number of halogens is 1. The summed E-state index contributed by atoms with van der Waals surface area (Å²) >= 11 is 6.13. The largest absolute Gasteiger partial charge is 0.490 e. The number of benzene rings is 1. The molecule has 1 aromatic rings. The number of hydrogen-bond donors (Lipinski definition) is 2. The molecule has 1 aliphatic heterocycles. The lowest BCUT2D eigenvalue weighted by molar-refractivity contribution is -0.116. The molecule has 1 heterocycles. The Balaban J connectivity index is 2.00. The monoisotopic (exact) mass is 298 g/mol. The third-order valence-corrected chi connectivity index (χ3v) is 3.15. The zero-order chi connectivity index (χ0) is 14.9. The maximum Gasteiger partial charge on any atom is 0.245 e. The minimum atomic E-state index is -0.666. The van der Waals surface area contributed by atoms with Gasteiger partial charge in [-0.05, 0) is 26.8 Å². The fraction of sp³-hybridized carbons (Fsp3) is 0.500. The molecular formula is C14H19ClN2O3. The number of carbonyl (C=O) groups is 1. The van der Waals surface area contributed by atoms with Crippen LogP contribution >= 0.6 is 11.6 Å². The number of fused-ring (bicyclic) bond motifs is 1. The van der Waals surface area contributed by atoms with Crippen LogP contribution in [-0.4, -0.2) is 24.7 Å². The van der Waals surface area contributed by atoms with Crippen LogP contribution in [0.15, 0.2) is 12.1 Å². The molecule has 110 valence electrons. The lowest BCUT2D eigenvalue weighted by atomic mass is 10.1. The molecule has 0 aromatic heterocycles. The Bertz CT molecular complexity index is 526. The molecule has 1 amide bonds. The minimum absolute atomic E-state index is 0.203. The summed E-state index contributed by atoms with van der Waals surface area (Å²) in [4.78, 5) is 11.5. The van der Waals surface area contributed by atoms with Crippen LogP contribution in [0.1, 0.15) is 32.4 Å². The number of nitrogens with two attached hydrogens (primary N) is 1. The van der Waals surface area contributed by atoms with Gasteiger partial charge in [0.1, 0.15) is 18.4 Å². The Hall–Kier alpha value is -1.30. The Morgan fingerprint density at radius 3 is 2.70 bits per heavy atom. The highest BCUT2D eigenvalue weighted by Crippen LogP contribution is 2.37. The van der Waals surface area contributed by atoms with E-state index >= 15 is 0 Å². The van der Waals surface area contributed by atoms with E-state index in [1.807, 2.05) is 20.8 Å². The van der Waals surface area contributed by atoms with Gasteiger partial charge in [-0.1, -0.05) is 11.6 Å².